The first-order valence-electron chi connectivity index (χ1n) is 6.00. The van der Waals surface area contributed by atoms with E-state index < -0.39 is 12.7 Å². The molecule has 0 aromatic carbocycles. The third-order valence-electron chi connectivity index (χ3n) is 2.82. The summed E-state index contributed by atoms with van der Waals surface area (Å²) in [4.78, 5) is 12.9. The van der Waals surface area contributed by atoms with Crippen molar-refractivity contribution in [1.29, 1.82) is 0 Å². The smallest absolute Gasteiger partial charge is 0.333 e. The van der Waals surface area contributed by atoms with Crippen LogP contribution in [0, 0.1) is 5.92 Å². The number of hydrogen-bond acceptors (Lipinski definition) is 2. The van der Waals surface area contributed by atoms with Gasteiger partial charge in [-0.15, -0.1) is 12.4 Å². The van der Waals surface area contributed by atoms with E-state index >= 15 is 0 Å². The van der Waals surface area contributed by atoms with Crippen LogP contribution in [0.4, 0.5) is 13.2 Å². The highest BCUT2D eigenvalue weighted by molar-refractivity contribution is 5.85. The monoisotopic (exact) mass is 288 g/mol. The molecular weight excluding hydrogens is 269 g/mol. The number of carbonyl (C=O) groups excluding carboxylic acids is 1. The van der Waals surface area contributed by atoms with Crippen LogP contribution < -0.4 is 5.32 Å². The molecule has 0 bridgehead atoms. The van der Waals surface area contributed by atoms with E-state index in [-0.39, 0.29) is 30.8 Å². The van der Waals surface area contributed by atoms with E-state index in [1.807, 2.05) is 0 Å². The number of nitrogens with one attached hydrogen (secondary N) is 1. The number of piperidine rings is 1. The molecule has 3 nitrogen and oxygen atoms in total. The molecule has 1 atom stereocenters. The van der Waals surface area contributed by atoms with Gasteiger partial charge in [0.05, 0.1) is 5.92 Å². The van der Waals surface area contributed by atoms with Gasteiger partial charge in [0.15, 0.2) is 0 Å². The normalized spacial score (nSPS) is 20.1. The Kier molecular flexibility index (Phi) is 7.62. The van der Waals surface area contributed by atoms with Crippen molar-refractivity contribution in [2.75, 3.05) is 26.2 Å². The first-order chi connectivity index (χ1) is 7.94. The standard InChI is InChI=1S/C11H19F3N2O.ClH/c1-2-6-16(8-11(12,13)14)10(17)9-4-3-5-15-7-9;/h9,15H,2-8H2,1H3;1H. The van der Waals surface area contributed by atoms with E-state index in [0.717, 1.165) is 17.9 Å². The van der Waals surface area contributed by atoms with Crippen LogP contribution in [0.5, 0.6) is 0 Å². The molecule has 1 N–H and O–H groups in total. The van der Waals surface area contributed by atoms with E-state index in [1.165, 1.54) is 0 Å². The molecule has 1 aliphatic rings. The first-order valence-corrected chi connectivity index (χ1v) is 6.00. The topological polar surface area (TPSA) is 32.3 Å². The largest absolute Gasteiger partial charge is 0.406 e. The summed E-state index contributed by atoms with van der Waals surface area (Å²) >= 11 is 0. The molecule has 18 heavy (non-hydrogen) atoms. The van der Waals surface area contributed by atoms with Gasteiger partial charge in [-0.3, -0.25) is 4.79 Å². The van der Waals surface area contributed by atoms with Crippen molar-refractivity contribution < 1.29 is 18.0 Å². The summed E-state index contributed by atoms with van der Waals surface area (Å²) in [6, 6.07) is 0. The SMILES string of the molecule is CCCN(CC(F)(F)F)C(=O)C1CCCNC1.Cl. The average Bonchev–Trinajstić information content (AvgIpc) is 2.27. The molecule has 1 rings (SSSR count). The van der Waals surface area contributed by atoms with Crippen LogP contribution in [0.15, 0.2) is 0 Å². The molecule has 1 aliphatic heterocycles. The maximum Gasteiger partial charge on any atom is 0.406 e. The Morgan fingerprint density at radius 3 is 2.56 bits per heavy atom. The van der Waals surface area contributed by atoms with Gasteiger partial charge in [-0.1, -0.05) is 6.92 Å². The lowest BCUT2D eigenvalue weighted by atomic mass is 9.98. The summed E-state index contributed by atoms with van der Waals surface area (Å²) in [6.45, 7) is 2.16. The third-order valence-corrected chi connectivity index (χ3v) is 2.82. The molecule has 0 saturated carbocycles. The van der Waals surface area contributed by atoms with Crippen LogP contribution in [-0.4, -0.2) is 43.2 Å². The summed E-state index contributed by atoms with van der Waals surface area (Å²) < 4.78 is 37.0. The zero-order valence-corrected chi connectivity index (χ0v) is 11.2. The Morgan fingerprint density at radius 1 is 1.44 bits per heavy atom. The molecule has 1 unspecified atom stereocenters. The van der Waals surface area contributed by atoms with Gasteiger partial charge in [0.2, 0.25) is 5.91 Å². The second-order valence-corrected chi connectivity index (χ2v) is 4.42. The lowest BCUT2D eigenvalue weighted by Crippen LogP contribution is -2.46. The molecule has 7 heteroatoms. The molecular formula is C11H20ClF3N2O. The number of alkyl halides is 3. The lowest BCUT2D eigenvalue weighted by molar-refractivity contribution is -0.164. The Balaban J connectivity index is 0.00000289. The highest BCUT2D eigenvalue weighted by Crippen LogP contribution is 2.20. The van der Waals surface area contributed by atoms with Crippen LogP contribution in [0.3, 0.4) is 0 Å². The number of amides is 1. The maximum atomic E-state index is 12.3. The van der Waals surface area contributed by atoms with Gasteiger partial charge in [-0.2, -0.15) is 13.2 Å². The van der Waals surface area contributed by atoms with Crippen LogP contribution >= 0.6 is 12.4 Å². The quantitative estimate of drug-likeness (QED) is 0.860. The van der Waals surface area contributed by atoms with Gasteiger partial charge in [-0.25, -0.2) is 0 Å². The van der Waals surface area contributed by atoms with E-state index in [4.69, 9.17) is 0 Å². The summed E-state index contributed by atoms with van der Waals surface area (Å²) in [5, 5.41) is 3.05. The lowest BCUT2D eigenvalue weighted by Gasteiger charge is -2.30. The Hall–Kier alpha value is -0.490. The fraction of sp³-hybridized carbons (Fsp3) is 0.909. The number of halogens is 4. The fourth-order valence-electron chi connectivity index (χ4n) is 2.07. The van der Waals surface area contributed by atoms with Gasteiger partial charge >= 0.3 is 6.18 Å². The third kappa shape index (κ3) is 5.91. The minimum absolute atomic E-state index is 0. The summed E-state index contributed by atoms with van der Waals surface area (Å²) in [5.41, 5.74) is 0. The van der Waals surface area contributed by atoms with Crippen molar-refractivity contribution in [2.45, 2.75) is 32.4 Å². The number of rotatable bonds is 4. The maximum absolute atomic E-state index is 12.3. The van der Waals surface area contributed by atoms with Crippen molar-refractivity contribution in [2.24, 2.45) is 5.92 Å². The van der Waals surface area contributed by atoms with Gasteiger partial charge < -0.3 is 10.2 Å². The summed E-state index contributed by atoms with van der Waals surface area (Å²) in [7, 11) is 0. The molecule has 1 amide bonds. The Bertz CT molecular complexity index is 255. The van der Waals surface area contributed by atoms with Crippen molar-refractivity contribution in [3.05, 3.63) is 0 Å². The first kappa shape index (κ1) is 17.5. The highest BCUT2D eigenvalue weighted by atomic mass is 35.5. The molecule has 0 radical (unpaired) electrons. The fourth-order valence-corrected chi connectivity index (χ4v) is 2.07. The number of nitrogens with zero attached hydrogens (tertiary/aromatic N) is 1. The van der Waals surface area contributed by atoms with Crippen LogP contribution in [0.25, 0.3) is 0 Å². The minimum atomic E-state index is -4.31. The van der Waals surface area contributed by atoms with E-state index in [2.05, 4.69) is 5.32 Å². The predicted octanol–water partition coefficient (Wildman–Crippen LogP) is 2.21. The molecule has 0 aliphatic carbocycles. The van der Waals surface area contributed by atoms with Crippen LogP contribution in [0.2, 0.25) is 0 Å². The molecule has 1 heterocycles. The van der Waals surface area contributed by atoms with Gasteiger partial charge in [-0.05, 0) is 25.8 Å². The molecule has 0 aromatic heterocycles. The van der Waals surface area contributed by atoms with Gasteiger partial charge in [0.25, 0.3) is 0 Å². The van der Waals surface area contributed by atoms with E-state index in [9.17, 15) is 18.0 Å². The second kappa shape index (κ2) is 7.84. The van der Waals surface area contributed by atoms with Crippen molar-refractivity contribution in [3.63, 3.8) is 0 Å². The zero-order valence-electron chi connectivity index (χ0n) is 10.4. The minimum Gasteiger partial charge on any atom is -0.333 e. The van der Waals surface area contributed by atoms with Crippen molar-refractivity contribution in [3.8, 4) is 0 Å². The zero-order chi connectivity index (χ0) is 12.9. The molecule has 0 aromatic rings. The molecule has 108 valence electrons. The molecule has 1 fully saturated rings. The number of hydrogen-bond donors (Lipinski definition) is 1. The van der Waals surface area contributed by atoms with Gasteiger partial charge in [0.1, 0.15) is 6.54 Å². The summed E-state index contributed by atoms with van der Waals surface area (Å²) in [5.74, 6) is -0.658. The predicted molar refractivity (Wildman–Crippen MR) is 65.8 cm³/mol. The van der Waals surface area contributed by atoms with Crippen molar-refractivity contribution >= 4 is 18.3 Å². The van der Waals surface area contributed by atoms with E-state index in [0.29, 0.717) is 19.4 Å². The van der Waals surface area contributed by atoms with Crippen LogP contribution in [-0.2, 0) is 4.79 Å². The highest BCUT2D eigenvalue weighted by Gasteiger charge is 2.35. The van der Waals surface area contributed by atoms with E-state index in [1.54, 1.807) is 6.92 Å². The van der Waals surface area contributed by atoms with Gasteiger partial charge in [0, 0.05) is 13.1 Å². The molecule has 1 saturated heterocycles. The molecule has 0 spiro atoms. The average molecular weight is 289 g/mol. The second-order valence-electron chi connectivity index (χ2n) is 4.42. The summed E-state index contributed by atoms with van der Waals surface area (Å²) in [6.07, 6.45) is -2.23. The van der Waals surface area contributed by atoms with Crippen LogP contribution in [0.1, 0.15) is 26.2 Å². The number of carbonyl (C=O) groups is 1. The van der Waals surface area contributed by atoms with Crippen molar-refractivity contribution in [1.82, 2.24) is 10.2 Å². The Labute approximate surface area is 112 Å². The Morgan fingerprint density at radius 2 is 2.11 bits per heavy atom.